The number of ether oxygens (including phenoxy) is 2. The van der Waals surface area contributed by atoms with E-state index in [0.29, 0.717) is 11.1 Å². The number of nitriles is 3. The van der Waals surface area contributed by atoms with Crippen molar-refractivity contribution in [1.82, 2.24) is 4.90 Å². The first-order valence-corrected chi connectivity index (χ1v) is 11.4. The smallest absolute Gasteiger partial charge is 0.445 e. The Balaban J connectivity index is 1.71. The number of amides is 1. The summed E-state index contributed by atoms with van der Waals surface area (Å²) in [5.74, 6) is -2.24. The van der Waals surface area contributed by atoms with Crippen molar-refractivity contribution < 1.29 is 27.4 Å². The monoisotopic (exact) mass is 519 g/mol. The summed E-state index contributed by atoms with van der Waals surface area (Å²) in [5.41, 5.74) is 5.51. The highest BCUT2D eigenvalue weighted by Gasteiger charge is 2.54. The van der Waals surface area contributed by atoms with Crippen molar-refractivity contribution in [2.75, 3.05) is 13.1 Å². The van der Waals surface area contributed by atoms with E-state index in [1.807, 2.05) is 24.3 Å². The summed E-state index contributed by atoms with van der Waals surface area (Å²) in [4.78, 5) is 14.3. The van der Waals surface area contributed by atoms with Gasteiger partial charge in [0.25, 0.3) is 0 Å². The summed E-state index contributed by atoms with van der Waals surface area (Å²) in [7, 11) is 0. The SMILES string of the molecule is N#CC1=C(N)C(C#N)(C#N)C(c2ccc(OC(F)(F)F)cc2)C2CN(C(=O)OCc3ccccc3)CC=C12. The number of nitrogens with zero attached hydrogens (tertiary/aromatic N) is 4. The van der Waals surface area contributed by atoms with E-state index in [9.17, 15) is 33.8 Å². The van der Waals surface area contributed by atoms with Crippen LogP contribution in [0.15, 0.2) is 77.5 Å². The van der Waals surface area contributed by atoms with Crippen LogP contribution in [-0.4, -0.2) is 30.4 Å². The normalized spacial score (nSPS) is 20.2. The molecule has 1 heterocycles. The molecule has 2 aromatic rings. The molecule has 0 fully saturated rings. The van der Waals surface area contributed by atoms with Crippen LogP contribution >= 0.6 is 0 Å². The zero-order chi connectivity index (χ0) is 27.5. The number of carbonyl (C=O) groups is 1. The van der Waals surface area contributed by atoms with Crippen LogP contribution < -0.4 is 10.5 Å². The predicted octanol–water partition coefficient (Wildman–Crippen LogP) is 4.65. The second-order valence-electron chi connectivity index (χ2n) is 8.74. The Labute approximate surface area is 216 Å². The molecule has 2 unspecified atom stereocenters. The van der Waals surface area contributed by atoms with E-state index >= 15 is 0 Å². The fourth-order valence-electron chi connectivity index (χ4n) is 4.89. The molecule has 0 saturated heterocycles. The van der Waals surface area contributed by atoms with Crippen LogP contribution in [0.4, 0.5) is 18.0 Å². The Morgan fingerprint density at radius 1 is 1.08 bits per heavy atom. The van der Waals surface area contributed by atoms with E-state index < -0.39 is 35.5 Å². The fraction of sp³-hybridized carbons (Fsp3) is 0.259. The molecule has 0 spiro atoms. The van der Waals surface area contributed by atoms with Crippen molar-refractivity contribution in [3.63, 3.8) is 0 Å². The van der Waals surface area contributed by atoms with Gasteiger partial charge in [-0.25, -0.2) is 4.79 Å². The summed E-state index contributed by atoms with van der Waals surface area (Å²) >= 11 is 0. The van der Waals surface area contributed by atoms with Gasteiger partial charge in [0.2, 0.25) is 0 Å². The first-order valence-electron chi connectivity index (χ1n) is 11.4. The van der Waals surface area contributed by atoms with Gasteiger partial charge in [-0.2, -0.15) is 15.8 Å². The lowest BCUT2D eigenvalue weighted by Crippen LogP contribution is -2.49. The van der Waals surface area contributed by atoms with E-state index in [1.165, 1.54) is 17.0 Å². The third kappa shape index (κ3) is 4.85. The van der Waals surface area contributed by atoms with E-state index in [4.69, 9.17) is 10.5 Å². The second kappa shape index (κ2) is 10.2. The van der Waals surface area contributed by atoms with E-state index in [2.05, 4.69) is 4.74 Å². The molecule has 2 N–H and O–H groups in total. The summed E-state index contributed by atoms with van der Waals surface area (Å²) in [6, 6.07) is 19.6. The third-order valence-corrected chi connectivity index (χ3v) is 6.60. The Hall–Kier alpha value is -4.95. The molecule has 0 aromatic heterocycles. The van der Waals surface area contributed by atoms with Gasteiger partial charge in [0.1, 0.15) is 18.4 Å². The molecule has 0 radical (unpaired) electrons. The number of carbonyl (C=O) groups excluding carboxylic acids is 1. The zero-order valence-corrected chi connectivity index (χ0v) is 19.8. The molecule has 0 saturated carbocycles. The number of benzene rings is 2. The molecule has 38 heavy (non-hydrogen) atoms. The average molecular weight is 519 g/mol. The minimum atomic E-state index is -4.90. The quantitative estimate of drug-likeness (QED) is 0.621. The van der Waals surface area contributed by atoms with Gasteiger partial charge >= 0.3 is 12.5 Å². The van der Waals surface area contributed by atoms with Gasteiger partial charge in [0.05, 0.1) is 23.4 Å². The first-order chi connectivity index (χ1) is 18.1. The lowest BCUT2D eigenvalue weighted by Gasteiger charge is -2.45. The van der Waals surface area contributed by atoms with Crippen molar-refractivity contribution in [2.45, 2.75) is 18.9 Å². The van der Waals surface area contributed by atoms with Crippen molar-refractivity contribution in [2.24, 2.45) is 17.1 Å². The van der Waals surface area contributed by atoms with Crippen LogP contribution in [0.2, 0.25) is 0 Å². The number of nitrogens with two attached hydrogens (primary N) is 1. The maximum absolute atomic E-state index is 12.9. The molecule has 2 aliphatic rings. The molecule has 8 nitrogen and oxygen atoms in total. The van der Waals surface area contributed by atoms with Gasteiger partial charge in [-0.3, -0.25) is 0 Å². The van der Waals surface area contributed by atoms with Crippen molar-refractivity contribution >= 4 is 6.09 Å². The number of rotatable bonds is 4. The van der Waals surface area contributed by atoms with E-state index in [-0.39, 0.29) is 31.0 Å². The molecule has 1 amide bonds. The van der Waals surface area contributed by atoms with Gasteiger partial charge < -0.3 is 20.1 Å². The van der Waals surface area contributed by atoms with Crippen LogP contribution in [0.1, 0.15) is 17.0 Å². The molecule has 4 rings (SSSR count). The van der Waals surface area contributed by atoms with Crippen LogP contribution in [0.25, 0.3) is 0 Å². The Morgan fingerprint density at radius 3 is 2.32 bits per heavy atom. The zero-order valence-electron chi connectivity index (χ0n) is 19.8. The van der Waals surface area contributed by atoms with E-state index in [0.717, 1.165) is 17.7 Å². The van der Waals surface area contributed by atoms with Gasteiger partial charge in [-0.05, 0) is 28.8 Å². The van der Waals surface area contributed by atoms with Gasteiger partial charge in [0.15, 0.2) is 5.41 Å². The van der Waals surface area contributed by atoms with Crippen molar-refractivity contribution in [3.05, 3.63) is 88.6 Å². The Bertz CT molecular complexity index is 1400. The minimum absolute atomic E-state index is 0.0193. The molecule has 1 aliphatic heterocycles. The highest BCUT2D eigenvalue weighted by molar-refractivity contribution is 5.69. The molecule has 192 valence electrons. The second-order valence-corrected chi connectivity index (χ2v) is 8.74. The maximum Gasteiger partial charge on any atom is 0.573 e. The fourth-order valence-corrected chi connectivity index (χ4v) is 4.89. The highest BCUT2D eigenvalue weighted by Crippen LogP contribution is 2.54. The highest BCUT2D eigenvalue weighted by atomic mass is 19.4. The Kier molecular flexibility index (Phi) is 7.01. The standard InChI is InChI=1S/C27H20F3N5O3/c28-27(29,30)38-19-8-6-18(7-9-19)23-22-13-35(25(36)37-14-17-4-2-1-3-5-17)11-10-20(22)21(12-31)24(34)26(23,15-32)16-33/h1-10,22-23H,11,13-14,34H2. The van der Waals surface area contributed by atoms with Gasteiger partial charge in [0, 0.05) is 24.9 Å². The lowest BCUT2D eigenvalue weighted by molar-refractivity contribution is -0.274. The molecule has 2 atom stereocenters. The number of halogens is 3. The van der Waals surface area contributed by atoms with Gasteiger partial charge in [-0.1, -0.05) is 48.5 Å². The van der Waals surface area contributed by atoms with Crippen molar-refractivity contribution in [3.8, 4) is 24.0 Å². The molecular weight excluding hydrogens is 499 g/mol. The summed E-state index contributed by atoms with van der Waals surface area (Å²) in [5, 5.41) is 30.1. The minimum Gasteiger partial charge on any atom is -0.445 e. The molecule has 11 heteroatoms. The molecule has 2 aromatic carbocycles. The van der Waals surface area contributed by atoms with Crippen LogP contribution in [-0.2, 0) is 11.3 Å². The number of fused-ring (bicyclic) bond motifs is 1. The van der Waals surface area contributed by atoms with Crippen molar-refractivity contribution in [1.29, 1.82) is 15.8 Å². The predicted molar refractivity (Wildman–Crippen MR) is 126 cm³/mol. The van der Waals surface area contributed by atoms with Gasteiger partial charge in [-0.15, -0.1) is 13.2 Å². The Morgan fingerprint density at radius 2 is 1.74 bits per heavy atom. The molecule has 0 bridgehead atoms. The molecule has 1 aliphatic carbocycles. The summed E-state index contributed by atoms with van der Waals surface area (Å²) < 4.78 is 47.3. The van der Waals surface area contributed by atoms with Crippen LogP contribution in [0, 0.1) is 45.3 Å². The first kappa shape index (κ1) is 26.1. The topological polar surface area (TPSA) is 136 Å². The number of alkyl halides is 3. The maximum atomic E-state index is 12.9. The van der Waals surface area contributed by atoms with E-state index in [1.54, 1.807) is 30.3 Å². The lowest BCUT2D eigenvalue weighted by atomic mass is 9.58. The molecular formula is C27H20F3N5O3. The summed E-state index contributed by atoms with van der Waals surface area (Å²) in [6.45, 7) is 0.0989. The number of allylic oxidation sites excluding steroid dienone is 2. The largest absolute Gasteiger partial charge is 0.573 e. The summed E-state index contributed by atoms with van der Waals surface area (Å²) in [6.07, 6.45) is -3.92. The van der Waals surface area contributed by atoms with Crippen LogP contribution in [0.5, 0.6) is 5.75 Å². The number of hydrogen-bond acceptors (Lipinski definition) is 7. The van der Waals surface area contributed by atoms with Crippen LogP contribution in [0.3, 0.4) is 0 Å². The average Bonchev–Trinajstić information content (AvgIpc) is 2.91. The number of hydrogen-bond donors (Lipinski definition) is 1. The third-order valence-electron chi connectivity index (χ3n) is 6.60.